The fraction of sp³-hybridized carbons (Fsp3) is 0.136. The number of hydrogen-bond acceptors (Lipinski definition) is 5. The standard InChI is InChI=1S/C22H20N2O4S/c1-3-28-22(27)16-9-11-17(12-10-16)24-20(26)18-13-19(15-7-5-4-6-8-15)29-21(18)23-14(2)25/h4-13H,3H2,1-2H3,(H,23,25)(H,24,26). The zero-order valence-electron chi connectivity index (χ0n) is 16.0. The van der Waals surface area contributed by atoms with Crippen molar-refractivity contribution in [3.8, 4) is 10.4 Å². The van der Waals surface area contributed by atoms with Crippen LogP contribution in [0.1, 0.15) is 34.6 Å². The van der Waals surface area contributed by atoms with E-state index in [-0.39, 0.29) is 11.8 Å². The molecule has 29 heavy (non-hydrogen) atoms. The molecule has 0 saturated heterocycles. The van der Waals surface area contributed by atoms with Crippen LogP contribution in [0.15, 0.2) is 60.7 Å². The molecule has 1 aromatic heterocycles. The van der Waals surface area contributed by atoms with Crippen molar-refractivity contribution in [2.24, 2.45) is 0 Å². The first-order chi connectivity index (χ1) is 14.0. The van der Waals surface area contributed by atoms with Crippen LogP contribution in [-0.4, -0.2) is 24.4 Å². The molecule has 2 aromatic carbocycles. The van der Waals surface area contributed by atoms with Gasteiger partial charge in [0.1, 0.15) is 5.00 Å². The number of thiophene rings is 1. The number of benzene rings is 2. The summed E-state index contributed by atoms with van der Waals surface area (Å²) in [7, 11) is 0. The van der Waals surface area contributed by atoms with Crippen molar-refractivity contribution in [1.82, 2.24) is 0 Å². The number of ether oxygens (including phenoxy) is 1. The van der Waals surface area contributed by atoms with E-state index in [9.17, 15) is 14.4 Å². The number of hydrogen-bond donors (Lipinski definition) is 2. The minimum atomic E-state index is -0.413. The number of anilines is 2. The van der Waals surface area contributed by atoms with Crippen LogP contribution < -0.4 is 10.6 Å². The highest BCUT2D eigenvalue weighted by atomic mass is 32.1. The zero-order valence-corrected chi connectivity index (χ0v) is 16.8. The first kappa shape index (κ1) is 20.3. The molecule has 0 unspecified atom stereocenters. The maximum absolute atomic E-state index is 12.8. The van der Waals surface area contributed by atoms with Gasteiger partial charge in [-0.3, -0.25) is 9.59 Å². The first-order valence-electron chi connectivity index (χ1n) is 9.03. The van der Waals surface area contributed by atoms with E-state index in [0.29, 0.717) is 28.4 Å². The second-order valence-corrected chi connectivity index (χ2v) is 7.20. The zero-order chi connectivity index (χ0) is 20.8. The number of esters is 1. The molecule has 1 heterocycles. The minimum Gasteiger partial charge on any atom is -0.462 e. The predicted molar refractivity (Wildman–Crippen MR) is 114 cm³/mol. The Bertz CT molecular complexity index is 1030. The van der Waals surface area contributed by atoms with Crippen molar-refractivity contribution in [3.63, 3.8) is 0 Å². The molecule has 0 fully saturated rings. The van der Waals surface area contributed by atoms with Gasteiger partial charge in [-0.1, -0.05) is 30.3 Å². The Kier molecular flexibility index (Phi) is 6.41. The van der Waals surface area contributed by atoms with E-state index in [1.54, 1.807) is 37.3 Å². The smallest absolute Gasteiger partial charge is 0.338 e. The molecule has 0 atom stereocenters. The van der Waals surface area contributed by atoms with Crippen LogP contribution in [0.2, 0.25) is 0 Å². The number of rotatable bonds is 6. The first-order valence-corrected chi connectivity index (χ1v) is 9.85. The molecular formula is C22H20N2O4S. The van der Waals surface area contributed by atoms with E-state index in [0.717, 1.165) is 10.4 Å². The van der Waals surface area contributed by atoms with Crippen molar-refractivity contribution < 1.29 is 19.1 Å². The fourth-order valence-corrected chi connectivity index (χ4v) is 3.77. The van der Waals surface area contributed by atoms with Crippen LogP contribution >= 0.6 is 11.3 Å². The van der Waals surface area contributed by atoms with Crippen molar-refractivity contribution in [1.29, 1.82) is 0 Å². The molecule has 6 nitrogen and oxygen atoms in total. The molecular weight excluding hydrogens is 388 g/mol. The quantitative estimate of drug-likeness (QED) is 0.574. The van der Waals surface area contributed by atoms with Gasteiger partial charge < -0.3 is 15.4 Å². The number of nitrogens with one attached hydrogen (secondary N) is 2. The molecule has 3 rings (SSSR count). The molecule has 0 saturated carbocycles. The summed E-state index contributed by atoms with van der Waals surface area (Å²) in [6.45, 7) is 3.44. The Morgan fingerprint density at radius 3 is 2.28 bits per heavy atom. The second-order valence-electron chi connectivity index (χ2n) is 6.15. The lowest BCUT2D eigenvalue weighted by atomic mass is 10.1. The Morgan fingerprint density at radius 2 is 1.66 bits per heavy atom. The average molecular weight is 408 g/mol. The Morgan fingerprint density at radius 1 is 0.966 bits per heavy atom. The van der Waals surface area contributed by atoms with Gasteiger partial charge in [0.2, 0.25) is 5.91 Å². The Hall–Kier alpha value is -3.45. The predicted octanol–water partition coefficient (Wildman–Crippen LogP) is 4.80. The molecule has 0 bridgehead atoms. The van der Waals surface area contributed by atoms with Crippen LogP contribution in [0.25, 0.3) is 10.4 Å². The van der Waals surface area contributed by atoms with Gasteiger partial charge in [0, 0.05) is 17.5 Å². The van der Waals surface area contributed by atoms with Gasteiger partial charge >= 0.3 is 5.97 Å². The third kappa shape index (κ3) is 5.08. The van der Waals surface area contributed by atoms with E-state index in [4.69, 9.17) is 4.74 Å². The van der Waals surface area contributed by atoms with Crippen molar-refractivity contribution >= 4 is 39.8 Å². The summed E-state index contributed by atoms with van der Waals surface area (Å²) in [5, 5.41) is 6.01. The van der Waals surface area contributed by atoms with E-state index in [2.05, 4.69) is 10.6 Å². The molecule has 3 aromatic rings. The average Bonchev–Trinajstić information content (AvgIpc) is 3.12. The Balaban J connectivity index is 1.83. The normalized spacial score (nSPS) is 10.3. The van der Waals surface area contributed by atoms with E-state index < -0.39 is 5.97 Å². The fourth-order valence-electron chi connectivity index (χ4n) is 2.66. The highest BCUT2D eigenvalue weighted by Crippen LogP contribution is 2.35. The number of amides is 2. The lowest BCUT2D eigenvalue weighted by molar-refractivity contribution is -0.114. The molecule has 0 radical (unpaired) electrons. The second kappa shape index (κ2) is 9.16. The third-order valence-corrected chi connectivity index (χ3v) is 5.08. The molecule has 2 N–H and O–H groups in total. The summed E-state index contributed by atoms with van der Waals surface area (Å²) in [6.07, 6.45) is 0. The van der Waals surface area contributed by atoms with E-state index in [1.807, 2.05) is 30.3 Å². The molecule has 0 aliphatic carbocycles. The number of carbonyl (C=O) groups is 3. The van der Waals surface area contributed by atoms with Gasteiger partial charge in [-0.25, -0.2) is 4.79 Å². The molecule has 0 aliphatic heterocycles. The molecule has 0 spiro atoms. The van der Waals surface area contributed by atoms with Crippen LogP contribution in [0.5, 0.6) is 0 Å². The third-order valence-electron chi connectivity index (χ3n) is 3.98. The van der Waals surface area contributed by atoms with Crippen LogP contribution in [0.3, 0.4) is 0 Å². The highest BCUT2D eigenvalue weighted by Gasteiger charge is 2.18. The SMILES string of the molecule is CCOC(=O)c1ccc(NC(=O)c2cc(-c3ccccc3)sc2NC(C)=O)cc1. The summed E-state index contributed by atoms with van der Waals surface area (Å²) in [5.41, 5.74) is 2.27. The van der Waals surface area contributed by atoms with Gasteiger partial charge in [-0.05, 0) is 42.8 Å². The largest absolute Gasteiger partial charge is 0.462 e. The lowest BCUT2D eigenvalue weighted by Gasteiger charge is -2.07. The van der Waals surface area contributed by atoms with Crippen LogP contribution in [-0.2, 0) is 9.53 Å². The number of carbonyl (C=O) groups excluding carboxylic acids is 3. The summed E-state index contributed by atoms with van der Waals surface area (Å²) < 4.78 is 4.95. The topological polar surface area (TPSA) is 84.5 Å². The Labute approximate surface area is 172 Å². The van der Waals surface area contributed by atoms with Crippen LogP contribution in [0.4, 0.5) is 10.7 Å². The maximum atomic E-state index is 12.8. The van der Waals surface area contributed by atoms with Gasteiger partial charge in [0.05, 0.1) is 17.7 Å². The van der Waals surface area contributed by atoms with Crippen molar-refractivity contribution in [2.45, 2.75) is 13.8 Å². The van der Waals surface area contributed by atoms with Crippen molar-refractivity contribution in [3.05, 3.63) is 71.8 Å². The highest BCUT2D eigenvalue weighted by molar-refractivity contribution is 7.20. The molecule has 0 aliphatic rings. The summed E-state index contributed by atoms with van der Waals surface area (Å²) in [5.74, 6) is -1.01. The van der Waals surface area contributed by atoms with Gasteiger partial charge in [0.25, 0.3) is 5.91 Å². The summed E-state index contributed by atoms with van der Waals surface area (Å²) in [4.78, 5) is 37.0. The van der Waals surface area contributed by atoms with Gasteiger partial charge in [-0.2, -0.15) is 0 Å². The van der Waals surface area contributed by atoms with E-state index >= 15 is 0 Å². The van der Waals surface area contributed by atoms with E-state index in [1.165, 1.54) is 18.3 Å². The minimum absolute atomic E-state index is 0.251. The van der Waals surface area contributed by atoms with Crippen molar-refractivity contribution in [2.75, 3.05) is 17.2 Å². The molecule has 2 amide bonds. The maximum Gasteiger partial charge on any atom is 0.338 e. The summed E-state index contributed by atoms with van der Waals surface area (Å²) in [6, 6.07) is 17.8. The molecule has 148 valence electrons. The molecule has 7 heteroatoms. The monoisotopic (exact) mass is 408 g/mol. The van der Waals surface area contributed by atoms with Gasteiger partial charge in [-0.15, -0.1) is 11.3 Å². The van der Waals surface area contributed by atoms with Gasteiger partial charge in [0.15, 0.2) is 0 Å². The van der Waals surface area contributed by atoms with Crippen LogP contribution in [0, 0.1) is 0 Å². The summed E-state index contributed by atoms with van der Waals surface area (Å²) >= 11 is 1.34. The lowest BCUT2D eigenvalue weighted by Crippen LogP contribution is -2.15.